The molecule has 4 N–H and O–H groups in total. The molecule has 5 nitrogen and oxygen atoms in total. The number of hydrogen-bond donors (Lipinski definition) is 2. The second-order valence-electron chi connectivity index (χ2n) is 8.48. The van der Waals surface area contributed by atoms with Gasteiger partial charge in [0.25, 0.3) is 0 Å². The number of nitrogens with zero attached hydrogens (tertiary/aromatic N) is 3. The number of rotatable bonds is 5. The van der Waals surface area contributed by atoms with Crippen LogP contribution in [0.1, 0.15) is 13.3 Å². The molecule has 0 atom stereocenters. The summed E-state index contributed by atoms with van der Waals surface area (Å²) in [5.41, 5.74) is 0. The van der Waals surface area contributed by atoms with Crippen molar-refractivity contribution in [2.75, 3.05) is 42.3 Å². The van der Waals surface area contributed by atoms with Gasteiger partial charge in [0.2, 0.25) is 0 Å². The van der Waals surface area contributed by atoms with Gasteiger partial charge in [-0.3, -0.25) is 0 Å². The average Bonchev–Trinajstić information content (AvgIpc) is 2.02. The maximum absolute atomic E-state index is 7.33. The van der Waals surface area contributed by atoms with Gasteiger partial charge in [-0.2, -0.15) is 0 Å². The Morgan fingerprint density at radius 3 is 1.06 bits per heavy atom. The summed E-state index contributed by atoms with van der Waals surface area (Å²) in [6.45, 7) is 2.13. The molecule has 0 aliphatic rings. The maximum atomic E-state index is 7.33. The molecular weight excluding hydrogens is 383 g/mol. The minimum absolute atomic E-state index is 0.750. The van der Waals surface area contributed by atoms with E-state index in [9.17, 15) is 0 Å². The molecule has 0 aromatic rings. The van der Waals surface area contributed by atoms with Crippen LogP contribution in [0.2, 0.25) is 14.9 Å². The number of hydrogen-bond acceptors (Lipinski definition) is 5. The Morgan fingerprint density at radius 1 is 0.765 bits per heavy atom. The third-order valence-corrected chi connectivity index (χ3v) is 56.8. The molecular formula is C11H35N5Ta. The van der Waals surface area contributed by atoms with Gasteiger partial charge in [-0.15, -0.1) is 0 Å². The van der Waals surface area contributed by atoms with Crippen molar-refractivity contribution in [1.82, 2.24) is 9.91 Å². The fourth-order valence-corrected chi connectivity index (χ4v) is 21.9. The quantitative estimate of drug-likeness (QED) is 0.707. The van der Waals surface area contributed by atoms with Crippen molar-refractivity contribution in [3.05, 3.63) is 0 Å². The molecule has 0 aromatic carbocycles. The Kier molecular flexibility index (Phi) is 2.64. The molecule has 0 unspecified atom stereocenters. The molecule has 0 bridgehead atoms. The van der Waals surface area contributed by atoms with Crippen LogP contribution < -0.4 is 8.27 Å². The summed E-state index contributed by atoms with van der Waals surface area (Å²) in [6, 6.07) is 0. The van der Waals surface area contributed by atoms with Crippen molar-refractivity contribution in [2.24, 2.45) is 8.27 Å². The summed E-state index contributed by atoms with van der Waals surface area (Å²) >= 11 is -5.75. The Balaban J connectivity index is 7.06. The molecule has 0 saturated heterocycles. The molecule has 6 heteroatoms. The molecule has 0 aliphatic carbocycles. The first kappa shape index (κ1) is 17.5. The molecule has 109 valence electrons. The van der Waals surface area contributed by atoms with E-state index in [1.54, 1.807) is 0 Å². The van der Waals surface area contributed by atoms with Crippen molar-refractivity contribution in [3.63, 3.8) is 0 Å². The first-order chi connectivity index (χ1) is 6.95. The third kappa shape index (κ3) is 1.37. The summed E-state index contributed by atoms with van der Waals surface area (Å²) in [5.74, 6) is 0. The molecule has 17 heavy (non-hydrogen) atoms. The zero-order valence-corrected chi connectivity index (χ0v) is 16.6. The predicted molar refractivity (Wildman–Crippen MR) is 76.3 cm³/mol. The second-order valence-corrected chi connectivity index (χ2v) is 56.2. The van der Waals surface area contributed by atoms with Gasteiger partial charge in [0.05, 0.1) is 0 Å². The predicted octanol–water partition coefficient (Wildman–Crippen LogP) is 1.38. The van der Waals surface area contributed by atoms with Crippen molar-refractivity contribution in [2.45, 2.75) is 28.3 Å². The fourth-order valence-electron chi connectivity index (χ4n) is 2.68. The molecule has 0 saturated carbocycles. The molecule has 0 fully saturated rings. The van der Waals surface area contributed by atoms with E-state index in [1.807, 2.05) is 42.3 Å². The van der Waals surface area contributed by atoms with Crippen LogP contribution in [0.5, 0.6) is 0 Å². The van der Waals surface area contributed by atoms with Crippen LogP contribution in [-0.4, -0.2) is 52.2 Å². The molecule has 0 aromatic heterocycles. The first-order valence-corrected chi connectivity index (χ1v) is 22.9. The van der Waals surface area contributed by atoms with Crippen molar-refractivity contribution < 1.29 is 13.2 Å². The first-order valence-electron chi connectivity index (χ1n) is 6.22. The summed E-state index contributed by atoms with van der Waals surface area (Å²) in [7, 11) is 12.0. The van der Waals surface area contributed by atoms with Gasteiger partial charge in [0.15, 0.2) is 0 Å². The third-order valence-electron chi connectivity index (χ3n) is 6.94. The van der Waals surface area contributed by atoms with E-state index in [1.165, 1.54) is 0 Å². The molecule has 0 radical (unpaired) electrons. The van der Waals surface area contributed by atoms with E-state index in [2.05, 4.69) is 27.1 Å². The van der Waals surface area contributed by atoms with E-state index in [-0.39, 0.29) is 0 Å². The van der Waals surface area contributed by atoms with Crippen LogP contribution in [0.15, 0.2) is 0 Å². The van der Waals surface area contributed by atoms with Crippen LogP contribution in [0, 0.1) is 0 Å². The zero-order chi connectivity index (χ0) is 14.5. The van der Waals surface area contributed by atoms with Crippen molar-refractivity contribution in [1.29, 1.82) is 0 Å². The molecule has 0 rings (SSSR count). The summed E-state index contributed by atoms with van der Waals surface area (Å²) in [4.78, 5) is 0. The van der Waals surface area contributed by atoms with Crippen molar-refractivity contribution >= 4 is 0 Å². The van der Waals surface area contributed by atoms with Crippen LogP contribution in [0.25, 0.3) is 0 Å². The van der Waals surface area contributed by atoms with Gasteiger partial charge < -0.3 is 0 Å². The summed E-state index contributed by atoms with van der Waals surface area (Å²) in [5, 5.41) is 4.19. The van der Waals surface area contributed by atoms with Crippen LogP contribution in [0.4, 0.5) is 0 Å². The van der Waals surface area contributed by atoms with E-state index in [4.69, 9.17) is 8.27 Å². The Labute approximate surface area is 102 Å². The SMILES string of the molecule is CC[CH2][Ta]([CH3])([CH3])([NH2])([NH2])([N](C)C)([N](C)C)[N](C)C. The minimum atomic E-state index is -5.75. The molecule has 0 aliphatic heterocycles. The van der Waals surface area contributed by atoms with Crippen LogP contribution in [-0.2, 0) is 13.2 Å². The standard InChI is InChI=1S/C3H7.3C2H6N.2CH3.2H2N.Ta/c4*1-3-2;;;;;/h1,3H2,2H3;3*1-2H3;2*1H3;2*1H2;/q;3*-1;;;2*-1;+5. The van der Waals surface area contributed by atoms with Crippen LogP contribution in [0.3, 0.4) is 0 Å². The van der Waals surface area contributed by atoms with Crippen LogP contribution >= 0.6 is 0 Å². The average molecular weight is 418 g/mol. The van der Waals surface area contributed by atoms with Crippen molar-refractivity contribution in [3.8, 4) is 0 Å². The van der Waals surface area contributed by atoms with Gasteiger partial charge >= 0.3 is 102 Å². The summed E-state index contributed by atoms with van der Waals surface area (Å²) < 4.78 is 21.7. The fraction of sp³-hybridized carbons (Fsp3) is 1.00. The van der Waals surface area contributed by atoms with Gasteiger partial charge in [0.1, 0.15) is 0 Å². The Bertz CT molecular complexity index is 336. The number of nitrogens with two attached hydrogens (primary N) is 2. The van der Waals surface area contributed by atoms with Gasteiger partial charge in [0, 0.05) is 0 Å². The van der Waals surface area contributed by atoms with Gasteiger partial charge in [-0.25, -0.2) is 0 Å². The molecule has 0 spiro atoms. The monoisotopic (exact) mass is 418 g/mol. The Morgan fingerprint density at radius 2 is 1.00 bits per heavy atom. The van der Waals surface area contributed by atoms with E-state index < -0.39 is 13.2 Å². The van der Waals surface area contributed by atoms with Gasteiger partial charge in [-0.05, 0) is 0 Å². The van der Waals surface area contributed by atoms with Gasteiger partial charge in [-0.1, -0.05) is 0 Å². The van der Waals surface area contributed by atoms with E-state index >= 15 is 0 Å². The molecule has 0 amide bonds. The summed E-state index contributed by atoms with van der Waals surface area (Å²) in [6.07, 6.45) is 0.931. The topological polar surface area (TPSA) is 61.8 Å². The second kappa shape index (κ2) is 2.55. The van der Waals surface area contributed by atoms with E-state index in [0.29, 0.717) is 0 Å². The molecule has 0 heterocycles. The normalized spacial score (nSPS) is 23.2. The Hall–Kier alpha value is 0.540. The zero-order valence-electron chi connectivity index (χ0n) is 13.4. The van der Waals surface area contributed by atoms with E-state index in [0.717, 1.165) is 11.1 Å².